The van der Waals surface area contributed by atoms with Crippen LogP contribution in [0, 0.1) is 11.8 Å². The van der Waals surface area contributed by atoms with Crippen molar-refractivity contribution in [2.75, 3.05) is 6.54 Å². The molecule has 0 spiro atoms. The quantitative estimate of drug-likeness (QED) is 0.290. The van der Waals surface area contributed by atoms with Gasteiger partial charge < -0.3 is 10.2 Å². The van der Waals surface area contributed by atoms with E-state index in [1.165, 1.54) is 0 Å². The summed E-state index contributed by atoms with van der Waals surface area (Å²) in [4.78, 5) is 39.4. The number of unbranched alkanes of at least 4 members (excludes halogenated alkanes) is 2. The average Bonchev–Trinajstić information content (AvgIpc) is 3.13. The molecule has 1 rings (SSSR count). The molecule has 1 fully saturated rings. The summed E-state index contributed by atoms with van der Waals surface area (Å²) in [6, 6.07) is -0.341. The van der Waals surface area contributed by atoms with Crippen molar-refractivity contribution in [1.29, 1.82) is 0 Å². The molecule has 0 unspecified atom stereocenters. The summed E-state index contributed by atoms with van der Waals surface area (Å²) in [5, 5.41) is 11.7. The fourth-order valence-electron chi connectivity index (χ4n) is 3.75. The van der Waals surface area contributed by atoms with Crippen LogP contribution in [0.1, 0.15) is 79.1 Å². The molecule has 1 heterocycles. The van der Waals surface area contributed by atoms with E-state index in [9.17, 15) is 14.4 Å². The summed E-state index contributed by atoms with van der Waals surface area (Å²) in [6.07, 6.45) is 6.23. The standard InChI is InChI=1S/C20H37N3O4/c1-5-7-8-10-15(13-17(24)22-27)19(25)21-18(14(3)4)20(26)23-12-9-11-16(23)6-2/h14-16,18,27H,5-13H2,1-4H3,(H,21,25)(H,22,24)/t15-,16-,18+/m1/s1. The molecule has 0 saturated carbocycles. The predicted molar refractivity (Wildman–Crippen MR) is 104 cm³/mol. The molecule has 0 aromatic carbocycles. The van der Waals surface area contributed by atoms with Crippen molar-refractivity contribution in [3.63, 3.8) is 0 Å². The zero-order valence-electron chi connectivity index (χ0n) is 17.3. The molecule has 0 aliphatic carbocycles. The molecular formula is C20H37N3O4. The largest absolute Gasteiger partial charge is 0.344 e. The highest BCUT2D eigenvalue weighted by Gasteiger charge is 2.35. The van der Waals surface area contributed by atoms with E-state index in [2.05, 4.69) is 19.2 Å². The van der Waals surface area contributed by atoms with Gasteiger partial charge in [-0.25, -0.2) is 5.48 Å². The molecular weight excluding hydrogens is 346 g/mol. The number of rotatable bonds is 11. The average molecular weight is 384 g/mol. The first kappa shape index (κ1) is 23.4. The van der Waals surface area contributed by atoms with Crippen LogP contribution in [0.25, 0.3) is 0 Å². The maximum absolute atomic E-state index is 13.0. The number of carbonyl (C=O) groups is 3. The SMILES string of the molecule is CCCCC[C@H](CC(=O)NO)C(=O)N[C@H](C(=O)N1CCC[C@H]1CC)C(C)C. The third-order valence-corrected chi connectivity index (χ3v) is 5.45. The smallest absolute Gasteiger partial charge is 0.245 e. The summed E-state index contributed by atoms with van der Waals surface area (Å²) in [7, 11) is 0. The van der Waals surface area contributed by atoms with Crippen LogP contribution < -0.4 is 10.8 Å². The molecule has 3 atom stereocenters. The molecule has 3 N–H and O–H groups in total. The Bertz CT molecular complexity index is 496. The lowest BCUT2D eigenvalue weighted by molar-refractivity contribution is -0.140. The van der Waals surface area contributed by atoms with Crippen LogP contribution in [0.3, 0.4) is 0 Å². The Morgan fingerprint density at radius 2 is 1.89 bits per heavy atom. The Kier molecular flexibility index (Phi) is 10.4. The van der Waals surface area contributed by atoms with Crippen molar-refractivity contribution in [2.24, 2.45) is 11.8 Å². The molecule has 7 nitrogen and oxygen atoms in total. The fraction of sp³-hybridized carbons (Fsp3) is 0.850. The van der Waals surface area contributed by atoms with Gasteiger partial charge in [0.1, 0.15) is 6.04 Å². The predicted octanol–water partition coefficient (Wildman–Crippen LogP) is 2.62. The summed E-state index contributed by atoms with van der Waals surface area (Å²) in [6.45, 7) is 8.74. The number of hydrogen-bond acceptors (Lipinski definition) is 4. The normalized spacial score (nSPS) is 19.0. The third-order valence-electron chi connectivity index (χ3n) is 5.45. The second-order valence-corrected chi connectivity index (χ2v) is 7.90. The minimum absolute atomic E-state index is 0.0263. The van der Waals surface area contributed by atoms with Gasteiger partial charge >= 0.3 is 0 Å². The second kappa shape index (κ2) is 12.0. The Hall–Kier alpha value is -1.63. The van der Waals surface area contributed by atoms with Crippen LogP contribution >= 0.6 is 0 Å². The van der Waals surface area contributed by atoms with Crippen LogP contribution in [0.5, 0.6) is 0 Å². The Morgan fingerprint density at radius 1 is 1.19 bits per heavy atom. The lowest BCUT2D eigenvalue weighted by Gasteiger charge is -2.31. The van der Waals surface area contributed by atoms with Gasteiger partial charge in [-0.15, -0.1) is 0 Å². The maximum atomic E-state index is 13.0. The van der Waals surface area contributed by atoms with E-state index in [0.717, 1.165) is 45.1 Å². The first-order chi connectivity index (χ1) is 12.8. The lowest BCUT2D eigenvalue weighted by atomic mass is 9.94. The van der Waals surface area contributed by atoms with E-state index in [-0.39, 0.29) is 30.2 Å². The first-order valence-electron chi connectivity index (χ1n) is 10.4. The van der Waals surface area contributed by atoms with Crippen LogP contribution in [0.15, 0.2) is 0 Å². The zero-order valence-corrected chi connectivity index (χ0v) is 17.3. The highest BCUT2D eigenvalue weighted by atomic mass is 16.5. The van der Waals surface area contributed by atoms with Gasteiger partial charge in [0.2, 0.25) is 17.7 Å². The summed E-state index contributed by atoms with van der Waals surface area (Å²) in [5.74, 6) is -1.47. The van der Waals surface area contributed by atoms with Gasteiger partial charge in [0.25, 0.3) is 0 Å². The maximum Gasteiger partial charge on any atom is 0.245 e. The zero-order chi connectivity index (χ0) is 20.4. The number of nitrogens with one attached hydrogen (secondary N) is 2. The summed E-state index contributed by atoms with van der Waals surface area (Å²) < 4.78 is 0. The highest BCUT2D eigenvalue weighted by molar-refractivity contribution is 5.91. The van der Waals surface area contributed by atoms with Crippen LogP contribution in [0.4, 0.5) is 0 Å². The molecule has 0 aromatic heterocycles. The van der Waals surface area contributed by atoms with Crippen molar-refractivity contribution >= 4 is 17.7 Å². The van der Waals surface area contributed by atoms with Gasteiger partial charge in [0.05, 0.1) is 0 Å². The van der Waals surface area contributed by atoms with Crippen molar-refractivity contribution in [1.82, 2.24) is 15.7 Å². The highest BCUT2D eigenvalue weighted by Crippen LogP contribution is 2.23. The molecule has 3 amide bonds. The van der Waals surface area contributed by atoms with E-state index in [1.54, 1.807) is 5.48 Å². The fourth-order valence-corrected chi connectivity index (χ4v) is 3.75. The van der Waals surface area contributed by atoms with Gasteiger partial charge in [0, 0.05) is 24.9 Å². The van der Waals surface area contributed by atoms with Gasteiger partial charge in [-0.05, 0) is 31.6 Å². The Balaban J connectivity index is 2.82. The van der Waals surface area contributed by atoms with E-state index in [4.69, 9.17) is 5.21 Å². The summed E-state index contributed by atoms with van der Waals surface area (Å²) >= 11 is 0. The van der Waals surface area contributed by atoms with Crippen molar-refractivity contribution < 1.29 is 19.6 Å². The van der Waals surface area contributed by atoms with Crippen molar-refractivity contribution in [3.05, 3.63) is 0 Å². The van der Waals surface area contributed by atoms with E-state index in [1.807, 2.05) is 18.7 Å². The number of hydroxylamine groups is 1. The topological polar surface area (TPSA) is 98.7 Å². The molecule has 1 saturated heterocycles. The molecule has 1 aliphatic rings. The Morgan fingerprint density at radius 3 is 2.44 bits per heavy atom. The number of carbonyl (C=O) groups excluding carboxylic acids is 3. The minimum atomic E-state index is -0.587. The first-order valence-corrected chi connectivity index (χ1v) is 10.4. The molecule has 156 valence electrons. The van der Waals surface area contributed by atoms with Gasteiger partial charge in [-0.2, -0.15) is 0 Å². The monoisotopic (exact) mass is 383 g/mol. The minimum Gasteiger partial charge on any atom is -0.344 e. The summed E-state index contributed by atoms with van der Waals surface area (Å²) in [5.41, 5.74) is 1.60. The molecule has 0 radical (unpaired) electrons. The van der Waals surface area contributed by atoms with Gasteiger partial charge in [-0.3, -0.25) is 19.6 Å². The second-order valence-electron chi connectivity index (χ2n) is 7.90. The molecule has 0 bridgehead atoms. The number of likely N-dealkylation sites (tertiary alicyclic amines) is 1. The third kappa shape index (κ3) is 7.13. The molecule has 0 aromatic rings. The van der Waals surface area contributed by atoms with Crippen LogP contribution in [-0.2, 0) is 14.4 Å². The van der Waals surface area contributed by atoms with Crippen molar-refractivity contribution in [2.45, 2.75) is 91.1 Å². The van der Waals surface area contributed by atoms with Crippen LogP contribution in [-0.4, -0.2) is 46.5 Å². The van der Waals surface area contributed by atoms with Crippen molar-refractivity contribution in [3.8, 4) is 0 Å². The molecule has 1 aliphatic heterocycles. The molecule has 7 heteroatoms. The van der Waals surface area contributed by atoms with Gasteiger partial charge in [-0.1, -0.05) is 47.0 Å². The number of amides is 3. The van der Waals surface area contributed by atoms with E-state index in [0.29, 0.717) is 6.42 Å². The lowest BCUT2D eigenvalue weighted by Crippen LogP contribution is -2.53. The van der Waals surface area contributed by atoms with E-state index >= 15 is 0 Å². The van der Waals surface area contributed by atoms with Crippen LogP contribution in [0.2, 0.25) is 0 Å². The van der Waals surface area contributed by atoms with E-state index < -0.39 is 17.9 Å². The number of hydrogen-bond donors (Lipinski definition) is 3. The Labute approximate surface area is 163 Å². The molecule has 27 heavy (non-hydrogen) atoms. The van der Waals surface area contributed by atoms with Gasteiger partial charge in [0.15, 0.2) is 0 Å². The number of nitrogens with zero attached hydrogens (tertiary/aromatic N) is 1.